The third kappa shape index (κ3) is 2.26. The predicted molar refractivity (Wildman–Crippen MR) is 74.1 cm³/mol. The molecule has 18 heavy (non-hydrogen) atoms. The van der Waals surface area contributed by atoms with Crippen molar-refractivity contribution in [3.05, 3.63) is 35.0 Å². The lowest BCUT2D eigenvalue weighted by molar-refractivity contribution is 0.229. The molecule has 1 N–H and O–H groups in total. The van der Waals surface area contributed by atoms with Gasteiger partial charge in [-0.05, 0) is 38.2 Å². The molecule has 1 atom stereocenters. The summed E-state index contributed by atoms with van der Waals surface area (Å²) in [5.41, 5.74) is 0.878. The van der Waals surface area contributed by atoms with Crippen molar-refractivity contribution in [1.29, 1.82) is 0 Å². The number of fused-ring (bicyclic) bond motifs is 1. The maximum Gasteiger partial charge on any atom is 0.135 e. The highest BCUT2D eigenvalue weighted by molar-refractivity contribution is 6.31. The van der Waals surface area contributed by atoms with Gasteiger partial charge in [-0.2, -0.15) is 0 Å². The molecule has 2 aromatic rings. The Bertz CT molecular complexity index is 552. The van der Waals surface area contributed by atoms with Crippen LogP contribution >= 0.6 is 11.6 Å². The molecule has 3 nitrogen and oxygen atoms in total. The van der Waals surface area contributed by atoms with Crippen molar-refractivity contribution in [2.24, 2.45) is 0 Å². The molecule has 1 fully saturated rings. The summed E-state index contributed by atoms with van der Waals surface area (Å²) in [6.45, 7) is 3.12. The summed E-state index contributed by atoms with van der Waals surface area (Å²) in [5.74, 6) is 1.04. The smallest absolute Gasteiger partial charge is 0.135 e. The second-order valence-electron chi connectivity index (χ2n) is 4.87. The van der Waals surface area contributed by atoms with Crippen LogP contribution in [0.25, 0.3) is 11.0 Å². The number of benzene rings is 1. The van der Waals surface area contributed by atoms with Gasteiger partial charge in [0.15, 0.2) is 0 Å². The zero-order valence-corrected chi connectivity index (χ0v) is 11.2. The summed E-state index contributed by atoms with van der Waals surface area (Å²) < 4.78 is 5.96. The maximum atomic E-state index is 5.99. The molecule has 0 saturated carbocycles. The largest absolute Gasteiger partial charge is 0.459 e. The monoisotopic (exact) mass is 264 g/mol. The van der Waals surface area contributed by atoms with Gasteiger partial charge in [-0.25, -0.2) is 0 Å². The lowest BCUT2D eigenvalue weighted by Gasteiger charge is -2.22. The van der Waals surface area contributed by atoms with Crippen molar-refractivity contribution in [3.63, 3.8) is 0 Å². The van der Waals surface area contributed by atoms with Crippen LogP contribution in [0.4, 0.5) is 0 Å². The molecule has 0 bridgehead atoms. The average molecular weight is 265 g/mol. The molecule has 1 aliphatic rings. The molecule has 0 spiro atoms. The minimum Gasteiger partial charge on any atom is -0.459 e. The molecule has 1 aromatic heterocycles. The summed E-state index contributed by atoms with van der Waals surface area (Å²) in [5, 5.41) is 5.26. The van der Waals surface area contributed by atoms with Crippen molar-refractivity contribution in [3.8, 4) is 0 Å². The van der Waals surface area contributed by atoms with Crippen LogP contribution in [0.3, 0.4) is 0 Å². The van der Waals surface area contributed by atoms with E-state index in [1.165, 1.54) is 0 Å². The van der Waals surface area contributed by atoms with Crippen LogP contribution in [0.2, 0.25) is 5.02 Å². The van der Waals surface area contributed by atoms with Crippen LogP contribution in [0, 0.1) is 0 Å². The van der Waals surface area contributed by atoms with Crippen LogP contribution in [0.15, 0.2) is 28.7 Å². The lowest BCUT2D eigenvalue weighted by atomic mass is 10.1. The van der Waals surface area contributed by atoms with E-state index >= 15 is 0 Å². The SMILES string of the molecule is CN1CCNCCC1c1cc2ccc(Cl)cc2o1. The number of furan rings is 1. The molecule has 1 aliphatic heterocycles. The number of nitrogens with zero attached hydrogens (tertiary/aromatic N) is 1. The fraction of sp³-hybridized carbons (Fsp3) is 0.429. The third-order valence-electron chi connectivity index (χ3n) is 3.60. The Morgan fingerprint density at radius 2 is 2.22 bits per heavy atom. The molecule has 0 aliphatic carbocycles. The molecule has 96 valence electrons. The number of likely N-dealkylation sites (N-methyl/N-ethyl adjacent to an activating group) is 1. The zero-order chi connectivity index (χ0) is 12.5. The average Bonchev–Trinajstić information content (AvgIpc) is 2.63. The Labute approximate surface area is 112 Å². The Morgan fingerprint density at radius 3 is 3.11 bits per heavy atom. The minimum atomic E-state index is 0.353. The topological polar surface area (TPSA) is 28.4 Å². The molecule has 3 rings (SSSR count). The van der Waals surface area contributed by atoms with Crippen LogP contribution in [-0.2, 0) is 0 Å². The fourth-order valence-corrected chi connectivity index (χ4v) is 2.71. The first-order valence-electron chi connectivity index (χ1n) is 6.34. The lowest BCUT2D eigenvalue weighted by Crippen LogP contribution is -2.26. The van der Waals surface area contributed by atoms with Gasteiger partial charge in [0.1, 0.15) is 11.3 Å². The summed E-state index contributed by atoms with van der Waals surface area (Å²) in [7, 11) is 2.15. The van der Waals surface area contributed by atoms with Crippen molar-refractivity contribution in [1.82, 2.24) is 10.2 Å². The van der Waals surface area contributed by atoms with E-state index in [0.29, 0.717) is 6.04 Å². The van der Waals surface area contributed by atoms with Gasteiger partial charge in [-0.1, -0.05) is 11.6 Å². The number of rotatable bonds is 1. The van der Waals surface area contributed by atoms with Gasteiger partial charge in [0.25, 0.3) is 0 Å². The number of hydrogen-bond donors (Lipinski definition) is 1. The van der Waals surface area contributed by atoms with Gasteiger partial charge in [0.2, 0.25) is 0 Å². The second-order valence-corrected chi connectivity index (χ2v) is 5.30. The molecule has 0 radical (unpaired) electrons. The zero-order valence-electron chi connectivity index (χ0n) is 10.4. The van der Waals surface area contributed by atoms with Crippen LogP contribution in [0.5, 0.6) is 0 Å². The highest BCUT2D eigenvalue weighted by Crippen LogP contribution is 2.30. The summed E-state index contributed by atoms with van der Waals surface area (Å²) in [6, 6.07) is 8.29. The van der Waals surface area contributed by atoms with Crippen molar-refractivity contribution in [2.45, 2.75) is 12.5 Å². The Morgan fingerprint density at radius 1 is 1.33 bits per heavy atom. The predicted octanol–water partition coefficient (Wildman–Crippen LogP) is 3.05. The first-order chi connectivity index (χ1) is 8.74. The molecular formula is C14H17ClN2O. The van der Waals surface area contributed by atoms with Crippen molar-refractivity contribution < 1.29 is 4.42 Å². The number of hydrogen-bond acceptors (Lipinski definition) is 3. The molecule has 2 heterocycles. The van der Waals surface area contributed by atoms with Crippen molar-refractivity contribution in [2.75, 3.05) is 26.7 Å². The maximum absolute atomic E-state index is 5.99. The van der Waals surface area contributed by atoms with E-state index in [1.54, 1.807) is 0 Å². The highest BCUT2D eigenvalue weighted by Gasteiger charge is 2.22. The van der Waals surface area contributed by atoms with E-state index in [9.17, 15) is 0 Å². The highest BCUT2D eigenvalue weighted by atomic mass is 35.5. The molecule has 4 heteroatoms. The normalized spacial score (nSPS) is 22.2. The third-order valence-corrected chi connectivity index (χ3v) is 3.83. The molecule has 1 unspecified atom stereocenters. The van der Waals surface area contributed by atoms with Crippen LogP contribution in [-0.4, -0.2) is 31.6 Å². The molecule has 1 aromatic carbocycles. The van der Waals surface area contributed by atoms with Gasteiger partial charge in [-0.3, -0.25) is 4.90 Å². The standard InChI is InChI=1S/C14H17ClN2O/c1-17-7-6-16-5-4-12(17)14-8-10-2-3-11(15)9-13(10)18-14/h2-3,8-9,12,16H,4-7H2,1H3. The van der Waals surface area contributed by atoms with E-state index in [0.717, 1.165) is 47.8 Å². The van der Waals surface area contributed by atoms with Gasteiger partial charge in [-0.15, -0.1) is 0 Å². The van der Waals surface area contributed by atoms with Crippen molar-refractivity contribution >= 4 is 22.6 Å². The number of nitrogens with one attached hydrogen (secondary N) is 1. The Hall–Kier alpha value is -1.03. The van der Waals surface area contributed by atoms with Crippen LogP contribution < -0.4 is 5.32 Å². The summed E-state index contributed by atoms with van der Waals surface area (Å²) in [4.78, 5) is 2.35. The van der Waals surface area contributed by atoms with E-state index in [1.807, 2.05) is 18.2 Å². The first kappa shape index (κ1) is 12.0. The first-order valence-corrected chi connectivity index (χ1v) is 6.72. The minimum absolute atomic E-state index is 0.353. The van der Waals surface area contributed by atoms with Gasteiger partial charge in [0, 0.05) is 29.6 Å². The van der Waals surface area contributed by atoms with Gasteiger partial charge in [0.05, 0.1) is 6.04 Å². The van der Waals surface area contributed by atoms with E-state index < -0.39 is 0 Å². The quantitative estimate of drug-likeness (QED) is 0.858. The summed E-state index contributed by atoms with van der Waals surface area (Å²) in [6.07, 6.45) is 1.07. The summed E-state index contributed by atoms with van der Waals surface area (Å²) >= 11 is 5.99. The fourth-order valence-electron chi connectivity index (χ4n) is 2.54. The number of halogens is 1. The van der Waals surface area contributed by atoms with Gasteiger partial charge < -0.3 is 9.73 Å². The van der Waals surface area contributed by atoms with Gasteiger partial charge >= 0.3 is 0 Å². The Balaban J connectivity index is 1.97. The van der Waals surface area contributed by atoms with E-state index in [-0.39, 0.29) is 0 Å². The van der Waals surface area contributed by atoms with E-state index in [2.05, 4.69) is 23.3 Å². The molecule has 0 amide bonds. The Kier molecular flexibility index (Phi) is 3.29. The van der Waals surface area contributed by atoms with Crippen LogP contribution in [0.1, 0.15) is 18.2 Å². The second kappa shape index (κ2) is 4.92. The van der Waals surface area contributed by atoms with E-state index in [4.69, 9.17) is 16.0 Å². The molecule has 1 saturated heterocycles. The molecular weight excluding hydrogens is 248 g/mol.